The van der Waals surface area contributed by atoms with Gasteiger partial charge in [0.1, 0.15) is 5.78 Å². The first-order valence-corrected chi connectivity index (χ1v) is 7.07. The Morgan fingerprint density at radius 2 is 1.70 bits per heavy atom. The van der Waals surface area contributed by atoms with Crippen LogP contribution in [0.25, 0.3) is 0 Å². The SMILES string of the molecule is CC(=O)Cc1cc(C)ccc1B1OC(C)(C)C(C)(C)O1. The maximum atomic E-state index is 11.5. The molecule has 1 saturated heterocycles. The molecule has 1 fully saturated rings. The Bertz CT molecular complexity index is 519. The van der Waals surface area contributed by atoms with Gasteiger partial charge in [0.05, 0.1) is 11.2 Å². The van der Waals surface area contributed by atoms with Crippen molar-refractivity contribution in [2.24, 2.45) is 0 Å². The largest absolute Gasteiger partial charge is 0.495 e. The summed E-state index contributed by atoms with van der Waals surface area (Å²) in [7, 11) is -0.407. The smallest absolute Gasteiger partial charge is 0.399 e. The van der Waals surface area contributed by atoms with Gasteiger partial charge in [-0.15, -0.1) is 0 Å². The summed E-state index contributed by atoms with van der Waals surface area (Å²) in [5.74, 6) is 0.147. The molecule has 1 aliphatic heterocycles. The number of aryl methyl sites for hydroxylation is 1. The molecule has 0 unspecified atom stereocenters. The molecule has 1 aliphatic rings. The predicted octanol–water partition coefficient (Wildman–Crippen LogP) is 2.43. The number of hydrogen-bond acceptors (Lipinski definition) is 3. The van der Waals surface area contributed by atoms with Gasteiger partial charge in [-0.25, -0.2) is 0 Å². The monoisotopic (exact) mass is 274 g/mol. The molecule has 2 rings (SSSR count). The second kappa shape index (κ2) is 5.01. The molecule has 0 aromatic heterocycles. The van der Waals surface area contributed by atoms with Crippen molar-refractivity contribution in [1.29, 1.82) is 0 Å². The average molecular weight is 274 g/mol. The first kappa shape index (κ1) is 15.3. The van der Waals surface area contributed by atoms with Gasteiger partial charge in [0, 0.05) is 6.42 Å². The minimum Gasteiger partial charge on any atom is -0.399 e. The number of ketones is 1. The fourth-order valence-electron chi connectivity index (χ4n) is 2.36. The van der Waals surface area contributed by atoms with Crippen molar-refractivity contribution in [2.75, 3.05) is 0 Å². The van der Waals surface area contributed by atoms with E-state index in [0.717, 1.165) is 16.6 Å². The van der Waals surface area contributed by atoms with Gasteiger partial charge in [-0.3, -0.25) is 4.79 Å². The summed E-state index contributed by atoms with van der Waals surface area (Å²) in [6, 6.07) is 6.08. The molecule has 1 heterocycles. The maximum Gasteiger partial charge on any atom is 0.495 e. The summed E-state index contributed by atoms with van der Waals surface area (Å²) in [4.78, 5) is 11.5. The highest BCUT2D eigenvalue weighted by atomic mass is 16.7. The Labute approximate surface area is 121 Å². The second-order valence-corrected chi connectivity index (χ2v) is 6.67. The van der Waals surface area contributed by atoms with E-state index in [2.05, 4.69) is 0 Å². The molecule has 0 N–H and O–H groups in total. The van der Waals surface area contributed by atoms with Crippen molar-refractivity contribution in [3.63, 3.8) is 0 Å². The van der Waals surface area contributed by atoms with Crippen LogP contribution in [0.2, 0.25) is 0 Å². The third kappa shape index (κ3) is 2.81. The standard InChI is InChI=1S/C16H23BO3/c1-11-7-8-14(13(9-11)10-12(2)18)17-19-15(3,4)16(5,6)20-17/h7-9H,10H2,1-6H3. The Morgan fingerprint density at radius 1 is 1.15 bits per heavy atom. The van der Waals surface area contributed by atoms with E-state index in [1.54, 1.807) is 6.92 Å². The number of benzene rings is 1. The number of rotatable bonds is 3. The van der Waals surface area contributed by atoms with Crippen LogP contribution in [-0.2, 0) is 20.5 Å². The second-order valence-electron chi connectivity index (χ2n) is 6.67. The van der Waals surface area contributed by atoms with Crippen LogP contribution in [0.1, 0.15) is 45.7 Å². The van der Waals surface area contributed by atoms with Crippen molar-refractivity contribution < 1.29 is 14.1 Å². The summed E-state index contributed by atoms with van der Waals surface area (Å²) in [5.41, 5.74) is 2.37. The average Bonchev–Trinajstić information content (AvgIpc) is 2.46. The van der Waals surface area contributed by atoms with Crippen molar-refractivity contribution in [2.45, 2.75) is 59.2 Å². The Kier molecular flexibility index (Phi) is 3.82. The fraction of sp³-hybridized carbons (Fsp3) is 0.562. The molecule has 0 bridgehead atoms. The van der Waals surface area contributed by atoms with Crippen LogP contribution < -0.4 is 5.46 Å². The van der Waals surface area contributed by atoms with Crippen LogP contribution in [-0.4, -0.2) is 24.1 Å². The summed E-state index contributed by atoms with van der Waals surface area (Å²) in [6.07, 6.45) is 0.418. The van der Waals surface area contributed by atoms with E-state index in [1.165, 1.54) is 0 Å². The number of hydrogen-bond donors (Lipinski definition) is 0. The van der Waals surface area contributed by atoms with Gasteiger partial charge < -0.3 is 9.31 Å². The van der Waals surface area contributed by atoms with E-state index in [-0.39, 0.29) is 17.0 Å². The highest BCUT2D eigenvalue weighted by Gasteiger charge is 2.52. The topological polar surface area (TPSA) is 35.5 Å². The van der Waals surface area contributed by atoms with E-state index in [0.29, 0.717) is 6.42 Å². The molecule has 0 spiro atoms. The van der Waals surface area contributed by atoms with Gasteiger partial charge >= 0.3 is 7.12 Å². The van der Waals surface area contributed by atoms with Crippen LogP contribution in [0.5, 0.6) is 0 Å². The minimum absolute atomic E-state index is 0.147. The highest BCUT2D eigenvalue weighted by molar-refractivity contribution is 6.62. The zero-order valence-electron chi connectivity index (χ0n) is 13.2. The molecule has 0 radical (unpaired) electrons. The highest BCUT2D eigenvalue weighted by Crippen LogP contribution is 2.36. The zero-order chi connectivity index (χ0) is 15.1. The van der Waals surface area contributed by atoms with Crippen LogP contribution in [0.4, 0.5) is 0 Å². The van der Waals surface area contributed by atoms with Crippen molar-refractivity contribution in [3.05, 3.63) is 29.3 Å². The van der Waals surface area contributed by atoms with Gasteiger partial charge in [-0.2, -0.15) is 0 Å². The van der Waals surface area contributed by atoms with Crippen LogP contribution in [0, 0.1) is 6.92 Å². The fourth-order valence-corrected chi connectivity index (χ4v) is 2.36. The predicted molar refractivity (Wildman–Crippen MR) is 81.3 cm³/mol. The summed E-state index contributed by atoms with van der Waals surface area (Å²) >= 11 is 0. The van der Waals surface area contributed by atoms with Crippen LogP contribution in [0.3, 0.4) is 0 Å². The molecule has 0 atom stereocenters. The van der Waals surface area contributed by atoms with Gasteiger partial charge in [-0.05, 0) is 52.6 Å². The molecule has 0 aliphatic carbocycles. The lowest BCUT2D eigenvalue weighted by Gasteiger charge is -2.32. The molecular formula is C16H23BO3. The molecule has 4 heteroatoms. The molecular weight excluding hydrogens is 251 g/mol. The molecule has 1 aromatic rings. The zero-order valence-corrected chi connectivity index (χ0v) is 13.2. The quantitative estimate of drug-likeness (QED) is 0.794. The summed E-state index contributed by atoms with van der Waals surface area (Å²) in [5, 5.41) is 0. The van der Waals surface area contributed by atoms with Crippen LogP contribution in [0.15, 0.2) is 18.2 Å². The third-order valence-corrected chi connectivity index (χ3v) is 4.25. The Morgan fingerprint density at radius 3 is 2.20 bits per heavy atom. The van der Waals surface area contributed by atoms with Gasteiger partial charge in [0.25, 0.3) is 0 Å². The first-order valence-electron chi connectivity index (χ1n) is 7.07. The normalized spacial score (nSPS) is 20.2. The first-order chi connectivity index (χ1) is 9.12. The van der Waals surface area contributed by atoms with Crippen molar-refractivity contribution in [1.82, 2.24) is 0 Å². The summed E-state index contributed by atoms with van der Waals surface area (Å²) < 4.78 is 12.2. The molecule has 1 aromatic carbocycles. The molecule has 108 valence electrons. The van der Waals surface area contributed by atoms with E-state index in [9.17, 15) is 4.79 Å². The van der Waals surface area contributed by atoms with Crippen molar-refractivity contribution in [3.8, 4) is 0 Å². The lowest BCUT2D eigenvalue weighted by Crippen LogP contribution is -2.41. The number of Topliss-reactive ketones (excluding diaryl/α,β-unsaturated/α-hetero) is 1. The minimum atomic E-state index is -0.407. The third-order valence-electron chi connectivity index (χ3n) is 4.25. The van der Waals surface area contributed by atoms with Crippen molar-refractivity contribution >= 4 is 18.4 Å². The Hall–Kier alpha value is -1.13. The number of carbonyl (C=O) groups excluding carboxylic acids is 1. The van der Waals surface area contributed by atoms with Crippen LogP contribution >= 0.6 is 0 Å². The van der Waals surface area contributed by atoms with E-state index in [4.69, 9.17) is 9.31 Å². The van der Waals surface area contributed by atoms with Gasteiger partial charge in [-0.1, -0.05) is 23.8 Å². The molecule has 20 heavy (non-hydrogen) atoms. The van der Waals surface area contributed by atoms with Gasteiger partial charge in [0.2, 0.25) is 0 Å². The molecule has 3 nitrogen and oxygen atoms in total. The maximum absolute atomic E-state index is 11.5. The lowest BCUT2D eigenvalue weighted by atomic mass is 9.74. The molecule has 0 amide bonds. The lowest BCUT2D eigenvalue weighted by molar-refractivity contribution is -0.116. The van der Waals surface area contributed by atoms with E-state index >= 15 is 0 Å². The summed E-state index contributed by atoms with van der Waals surface area (Å²) in [6.45, 7) is 11.8. The molecule has 0 saturated carbocycles. The van der Waals surface area contributed by atoms with E-state index < -0.39 is 7.12 Å². The van der Waals surface area contributed by atoms with E-state index in [1.807, 2.05) is 52.8 Å². The van der Waals surface area contributed by atoms with Gasteiger partial charge in [0.15, 0.2) is 0 Å². The Balaban J connectivity index is 2.37. The number of carbonyl (C=O) groups is 1.